The molecule has 0 saturated heterocycles. The molecule has 0 fully saturated rings. The smallest absolute Gasteiger partial charge is 0.0884 e. The number of hydrogen-bond acceptors (Lipinski definition) is 1. The van der Waals surface area contributed by atoms with Gasteiger partial charge >= 0.3 is 0 Å². The maximum Gasteiger partial charge on any atom is 0.0884 e. The molecule has 0 saturated carbocycles. The van der Waals surface area contributed by atoms with E-state index < -0.39 is 0 Å². The van der Waals surface area contributed by atoms with E-state index in [0.29, 0.717) is 0 Å². The lowest BCUT2D eigenvalue weighted by Crippen LogP contribution is -1.80. The van der Waals surface area contributed by atoms with Gasteiger partial charge in [-0.1, -0.05) is 24.8 Å². The van der Waals surface area contributed by atoms with Gasteiger partial charge in [-0.05, 0) is 25.8 Å². The molecule has 0 unspecified atom stereocenters. The monoisotopic (exact) mass is 152 g/mol. The van der Waals surface area contributed by atoms with Crippen LogP contribution in [0.1, 0.15) is 19.8 Å². The van der Waals surface area contributed by atoms with Crippen LogP contribution in [0.4, 0.5) is 0 Å². The standard InChI is InChI=1S/C10H16O/c1-5-9(2)7-6-8-10(3)11-4/h5,8H,1-2,6-7H2,3-4H3. The Kier molecular flexibility index (Phi) is 5.26. The Hall–Kier alpha value is -0.980. The molecule has 0 atom stereocenters. The minimum Gasteiger partial charge on any atom is -0.502 e. The van der Waals surface area contributed by atoms with Crippen molar-refractivity contribution in [1.29, 1.82) is 0 Å². The second-order valence-corrected chi connectivity index (χ2v) is 2.42. The number of rotatable bonds is 5. The summed E-state index contributed by atoms with van der Waals surface area (Å²) in [7, 11) is 1.67. The van der Waals surface area contributed by atoms with Crippen LogP contribution >= 0.6 is 0 Å². The lowest BCUT2D eigenvalue weighted by molar-refractivity contribution is 0.292. The SMILES string of the molecule is C=CC(=C)CCC=C(C)OC. The summed E-state index contributed by atoms with van der Waals surface area (Å²) in [6.07, 6.45) is 5.78. The Balaban J connectivity index is 3.55. The van der Waals surface area contributed by atoms with Gasteiger partial charge in [-0.15, -0.1) is 0 Å². The molecule has 0 aromatic carbocycles. The highest BCUT2D eigenvalue weighted by Gasteiger charge is 1.87. The van der Waals surface area contributed by atoms with Crippen molar-refractivity contribution in [3.8, 4) is 0 Å². The second-order valence-electron chi connectivity index (χ2n) is 2.42. The molecule has 0 aromatic rings. The van der Waals surface area contributed by atoms with E-state index in [4.69, 9.17) is 4.74 Å². The zero-order valence-corrected chi connectivity index (χ0v) is 7.39. The van der Waals surface area contributed by atoms with E-state index in [9.17, 15) is 0 Å². The maximum absolute atomic E-state index is 4.97. The molecular weight excluding hydrogens is 136 g/mol. The van der Waals surface area contributed by atoms with Crippen LogP contribution in [-0.4, -0.2) is 7.11 Å². The average molecular weight is 152 g/mol. The van der Waals surface area contributed by atoms with Crippen LogP contribution < -0.4 is 0 Å². The fourth-order valence-corrected chi connectivity index (χ4v) is 0.646. The van der Waals surface area contributed by atoms with E-state index in [2.05, 4.69) is 19.2 Å². The van der Waals surface area contributed by atoms with Gasteiger partial charge in [-0.25, -0.2) is 0 Å². The van der Waals surface area contributed by atoms with E-state index in [1.54, 1.807) is 13.2 Å². The first-order chi connectivity index (χ1) is 5.20. The van der Waals surface area contributed by atoms with Gasteiger partial charge in [0.05, 0.1) is 12.9 Å². The molecule has 0 heterocycles. The summed E-state index contributed by atoms with van der Waals surface area (Å²) < 4.78 is 4.97. The number of hydrogen-bond donors (Lipinski definition) is 0. The summed E-state index contributed by atoms with van der Waals surface area (Å²) in [6.45, 7) is 9.38. The number of methoxy groups -OCH3 is 1. The Morgan fingerprint density at radius 3 is 2.64 bits per heavy atom. The topological polar surface area (TPSA) is 9.23 Å². The fraction of sp³-hybridized carbons (Fsp3) is 0.400. The van der Waals surface area contributed by atoms with E-state index in [1.165, 1.54) is 0 Å². The Bertz CT molecular complexity index is 166. The fourth-order valence-electron chi connectivity index (χ4n) is 0.646. The van der Waals surface area contributed by atoms with Crippen molar-refractivity contribution in [3.63, 3.8) is 0 Å². The maximum atomic E-state index is 4.97. The van der Waals surface area contributed by atoms with E-state index in [0.717, 1.165) is 24.2 Å². The molecule has 1 nitrogen and oxygen atoms in total. The normalized spacial score (nSPS) is 10.9. The molecule has 0 aliphatic carbocycles. The van der Waals surface area contributed by atoms with Gasteiger partial charge < -0.3 is 4.74 Å². The number of ether oxygens (including phenoxy) is 1. The highest BCUT2D eigenvalue weighted by atomic mass is 16.5. The summed E-state index contributed by atoms with van der Waals surface area (Å²) in [5.74, 6) is 0.960. The van der Waals surface area contributed by atoms with E-state index in [-0.39, 0.29) is 0 Å². The molecular formula is C10H16O. The van der Waals surface area contributed by atoms with E-state index >= 15 is 0 Å². The second kappa shape index (κ2) is 5.78. The minimum absolute atomic E-state index is 0.960. The van der Waals surface area contributed by atoms with Crippen molar-refractivity contribution in [2.24, 2.45) is 0 Å². The third-order valence-electron chi connectivity index (χ3n) is 1.51. The Labute approximate surface area is 69.1 Å². The molecule has 0 aliphatic rings. The Morgan fingerprint density at radius 1 is 1.55 bits per heavy atom. The van der Waals surface area contributed by atoms with Gasteiger partial charge in [0.1, 0.15) is 0 Å². The lowest BCUT2D eigenvalue weighted by atomic mass is 10.1. The number of allylic oxidation sites excluding steroid dienone is 4. The molecule has 0 amide bonds. The molecule has 0 spiro atoms. The predicted octanol–water partition coefficient (Wildman–Crippen LogP) is 3.06. The molecule has 0 rings (SSSR count). The van der Waals surface area contributed by atoms with Gasteiger partial charge in [0.2, 0.25) is 0 Å². The predicted molar refractivity (Wildman–Crippen MR) is 49.3 cm³/mol. The molecule has 0 aliphatic heterocycles. The van der Waals surface area contributed by atoms with Crippen molar-refractivity contribution >= 4 is 0 Å². The van der Waals surface area contributed by atoms with Crippen molar-refractivity contribution < 1.29 is 4.74 Å². The van der Waals surface area contributed by atoms with Crippen LogP contribution in [0, 0.1) is 0 Å². The van der Waals surface area contributed by atoms with Crippen molar-refractivity contribution in [2.75, 3.05) is 7.11 Å². The van der Waals surface area contributed by atoms with Gasteiger partial charge in [0, 0.05) is 0 Å². The van der Waals surface area contributed by atoms with Gasteiger partial charge in [0.15, 0.2) is 0 Å². The third kappa shape index (κ3) is 5.46. The lowest BCUT2D eigenvalue weighted by Gasteiger charge is -1.98. The van der Waals surface area contributed by atoms with Crippen LogP contribution in [0.5, 0.6) is 0 Å². The highest BCUT2D eigenvalue weighted by Crippen LogP contribution is 2.05. The van der Waals surface area contributed by atoms with Gasteiger partial charge in [-0.3, -0.25) is 0 Å². The van der Waals surface area contributed by atoms with Crippen molar-refractivity contribution in [2.45, 2.75) is 19.8 Å². The quantitative estimate of drug-likeness (QED) is 0.434. The summed E-state index contributed by atoms with van der Waals surface area (Å²) in [5.41, 5.74) is 1.07. The van der Waals surface area contributed by atoms with Gasteiger partial charge in [-0.2, -0.15) is 0 Å². The molecule has 11 heavy (non-hydrogen) atoms. The molecule has 0 bridgehead atoms. The van der Waals surface area contributed by atoms with Crippen LogP contribution in [0.2, 0.25) is 0 Å². The first-order valence-corrected chi connectivity index (χ1v) is 3.71. The average Bonchev–Trinajstić information content (AvgIpc) is 2.04. The molecule has 0 radical (unpaired) electrons. The highest BCUT2D eigenvalue weighted by molar-refractivity contribution is 5.11. The summed E-state index contributed by atoms with van der Waals surface area (Å²) in [4.78, 5) is 0. The van der Waals surface area contributed by atoms with E-state index in [1.807, 2.05) is 6.92 Å². The van der Waals surface area contributed by atoms with Crippen LogP contribution in [0.15, 0.2) is 36.6 Å². The van der Waals surface area contributed by atoms with Crippen LogP contribution in [0.25, 0.3) is 0 Å². The first-order valence-electron chi connectivity index (χ1n) is 3.71. The molecule has 62 valence electrons. The molecule has 0 aromatic heterocycles. The largest absolute Gasteiger partial charge is 0.502 e. The summed E-state index contributed by atoms with van der Waals surface area (Å²) in [6, 6.07) is 0. The zero-order chi connectivity index (χ0) is 8.69. The Morgan fingerprint density at radius 2 is 2.18 bits per heavy atom. The molecule has 1 heteroatoms. The summed E-state index contributed by atoms with van der Waals surface area (Å²) >= 11 is 0. The first kappa shape index (κ1) is 10.0. The summed E-state index contributed by atoms with van der Waals surface area (Å²) in [5, 5.41) is 0. The van der Waals surface area contributed by atoms with Crippen molar-refractivity contribution in [3.05, 3.63) is 36.6 Å². The van der Waals surface area contributed by atoms with Gasteiger partial charge in [0.25, 0.3) is 0 Å². The minimum atomic E-state index is 0.960. The van der Waals surface area contributed by atoms with Crippen LogP contribution in [-0.2, 0) is 4.74 Å². The van der Waals surface area contributed by atoms with Crippen LogP contribution in [0.3, 0.4) is 0 Å². The van der Waals surface area contributed by atoms with Crippen molar-refractivity contribution in [1.82, 2.24) is 0 Å². The molecule has 0 N–H and O–H groups in total. The zero-order valence-electron chi connectivity index (χ0n) is 7.39. The third-order valence-corrected chi connectivity index (χ3v) is 1.51.